The Bertz CT molecular complexity index is 225. The van der Waals surface area contributed by atoms with Crippen molar-refractivity contribution in [1.82, 2.24) is 9.62 Å². The maximum atomic E-state index is 11.5. The summed E-state index contributed by atoms with van der Waals surface area (Å²) in [5.74, 6) is 0.245. The Hall–Kier alpha value is -0.220. The molecule has 0 aromatic heterocycles. The van der Waals surface area contributed by atoms with E-state index in [1.807, 2.05) is 18.2 Å². The minimum absolute atomic E-state index is 0.104. The van der Waals surface area contributed by atoms with Crippen molar-refractivity contribution in [2.24, 2.45) is 0 Å². The monoisotopic (exact) mass is 244 g/mol. The van der Waals surface area contributed by atoms with E-state index in [-0.39, 0.29) is 11.4 Å². The average Bonchev–Trinajstić information content (AvgIpc) is 2.48. The highest BCUT2D eigenvalue weighted by atomic mass is 32.1. The molecule has 2 aliphatic heterocycles. The molecule has 2 fully saturated rings. The van der Waals surface area contributed by atoms with Gasteiger partial charge in [0.1, 0.15) is 0 Å². The number of rotatable bonds is 0. The van der Waals surface area contributed by atoms with E-state index in [1.54, 1.807) is 0 Å². The van der Waals surface area contributed by atoms with Crippen LogP contribution in [0.2, 0.25) is 0 Å². The Kier molecular flexibility index (Phi) is 5.62. The second-order valence-electron chi connectivity index (χ2n) is 4.49. The van der Waals surface area contributed by atoms with Crippen molar-refractivity contribution in [3.63, 3.8) is 0 Å². The van der Waals surface area contributed by atoms with Gasteiger partial charge in [-0.05, 0) is 25.7 Å². The third-order valence-electron chi connectivity index (χ3n) is 3.41. The molecule has 0 bridgehead atoms. The molecule has 16 heavy (non-hydrogen) atoms. The van der Waals surface area contributed by atoms with Crippen molar-refractivity contribution in [3.05, 3.63) is 0 Å². The van der Waals surface area contributed by atoms with Gasteiger partial charge in [0, 0.05) is 25.0 Å². The van der Waals surface area contributed by atoms with Gasteiger partial charge in [-0.2, -0.15) is 0 Å². The molecule has 1 spiro atoms. The molecule has 2 saturated heterocycles. The van der Waals surface area contributed by atoms with Gasteiger partial charge in [0.2, 0.25) is 5.91 Å². The predicted octanol–water partition coefficient (Wildman–Crippen LogP) is 2.38. The molecule has 0 unspecified atom stereocenters. The molecule has 94 valence electrons. The molecule has 2 heterocycles. The predicted molar refractivity (Wildman–Crippen MR) is 70.5 cm³/mol. The molecular formula is C12H24N2OS. The van der Waals surface area contributed by atoms with Crippen molar-refractivity contribution in [1.29, 1.82) is 0 Å². The van der Waals surface area contributed by atoms with Gasteiger partial charge in [0.05, 0.1) is 0 Å². The summed E-state index contributed by atoms with van der Waals surface area (Å²) in [6, 6.07) is 0. The van der Waals surface area contributed by atoms with Gasteiger partial charge >= 0.3 is 0 Å². The summed E-state index contributed by atoms with van der Waals surface area (Å²) in [5.41, 5.74) is 0.104. The molecule has 0 radical (unpaired) electrons. The van der Waals surface area contributed by atoms with E-state index in [2.05, 4.69) is 18.1 Å². The van der Waals surface area contributed by atoms with Crippen LogP contribution in [0, 0.1) is 0 Å². The molecule has 0 aromatic rings. The van der Waals surface area contributed by atoms with E-state index in [0.29, 0.717) is 6.42 Å². The summed E-state index contributed by atoms with van der Waals surface area (Å²) in [6.45, 7) is 5.98. The van der Waals surface area contributed by atoms with E-state index < -0.39 is 0 Å². The smallest absolute Gasteiger partial charge is 0.220 e. The summed E-state index contributed by atoms with van der Waals surface area (Å²) < 4.78 is 2.04. The largest absolute Gasteiger partial charge is 0.351 e. The molecule has 2 aliphatic rings. The first kappa shape index (κ1) is 13.8. The highest BCUT2D eigenvalue weighted by Crippen LogP contribution is 2.30. The third kappa shape index (κ3) is 3.67. The molecule has 3 nitrogen and oxygen atoms in total. The molecular weight excluding hydrogens is 220 g/mol. The number of hydrogen-bond acceptors (Lipinski definition) is 3. The summed E-state index contributed by atoms with van der Waals surface area (Å²) in [7, 11) is 0. The number of amides is 1. The Morgan fingerprint density at radius 3 is 2.44 bits per heavy atom. The van der Waals surface area contributed by atoms with Gasteiger partial charge in [0.15, 0.2) is 0 Å². The SMILES string of the molecule is CC.O=C1CCCCC2(CCN(S)CC2)N1. The van der Waals surface area contributed by atoms with Gasteiger partial charge in [-0.1, -0.05) is 33.1 Å². The first-order valence-electron chi connectivity index (χ1n) is 6.45. The molecule has 0 atom stereocenters. The van der Waals surface area contributed by atoms with Gasteiger partial charge < -0.3 is 5.32 Å². The van der Waals surface area contributed by atoms with Crippen LogP contribution in [0.15, 0.2) is 0 Å². The number of hydrogen-bond donors (Lipinski definition) is 2. The zero-order chi connectivity index (χ0) is 12.0. The van der Waals surface area contributed by atoms with Gasteiger partial charge in [0.25, 0.3) is 0 Å². The number of thiol groups is 1. The Balaban J connectivity index is 0.000000606. The van der Waals surface area contributed by atoms with Crippen LogP contribution < -0.4 is 5.32 Å². The van der Waals surface area contributed by atoms with Crippen LogP contribution in [-0.4, -0.2) is 28.8 Å². The standard InChI is InChI=1S/C10H18N2OS.C2H6/c13-9-3-1-2-4-10(11-9)5-7-12(14)8-6-10;1-2/h14H,1-8H2,(H,11,13);1-2H3. The van der Waals surface area contributed by atoms with Crippen LogP contribution >= 0.6 is 12.8 Å². The van der Waals surface area contributed by atoms with E-state index in [4.69, 9.17) is 0 Å². The maximum Gasteiger partial charge on any atom is 0.220 e. The normalized spacial score (nSPS) is 25.3. The Morgan fingerprint density at radius 1 is 1.19 bits per heavy atom. The second-order valence-corrected chi connectivity index (χ2v) is 5.05. The minimum Gasteiger partial charge on any atom is -0.351 e. The van der Waals surface area contributed by atoms with Crippen LogP contribution in [0.25, 0.3) is 0 Å². The first-order chi connectivity index (χ1) is 7.70. The van der Waals surface area contributed by atoms with Crippen LogP contribution in [-0.2, 0) is 4.79 Å². The van der Waals surface area contributed by atoms with Crippen molar-refractivity contribution in [3.8, 4) is 0 Å². The topological polar surface area (TPSA) is 32.3 Å². The molecule has 0 aromatic carbocycles. The lowest BCUT2D eigenvalue weighted by molar-refractivity contribution is -0.122. The summed E-state index contributed by atoms with van der Waals surface area (Å²) >= 11 is 4.33. The van der Waals surface area contributed by atoms with E-state index in [0.717, 1.165) is 38.8 Å². The first-order valence-corrected chi connectivity index (χ1v) is 6.85. The number of nitrogens with one attached hydrogen (secondary N) is 1. The fourth-order valence-corrected chi connectivity index (χ4v) is 2.67. The van der Waals surface area contributed by atoms with Crippen LogP contribution in [0.5, 0.6) is 0 Å². The van der Waals surface area contributed by atoms with Crippen molar-refractivity contribution in [2.75, 3.05) is 13.1 Å². The summed E-state index contributed by atoms with van der Waals surface area (Å²) in [5, 5.41) is 3.22. The Morgan fingerprint density at radius 2 is 1.81 bits per heavy atom. The highest BCUT2D eigenvalue weighted by molar-refractivity contribution is 7.77. The Labute approximate surface area is 105 Å². The zero-order valence-electron chi connectivity index (χ0n) is 10.5. The van der Waals surface area contributed by atoms with E-state index in [9.17, 15) is 4.79 Å². The number of carbonyl (C=O) groups is 1. The lowest BCUT2D eigenvalue weighted by atomic mass is 9.84. The maximum absolute atomic E-state index is 11.5. The molecule has 4 heteroatoms. The number of carbonyl (C=O) groups excluding carboxylic acids is 1. The average molecular weight is 244 g/mol. The van der Waals surface area contributed by atoms with E-state index in [1.165, 1.54) is 6.42 Å². The lowest BCUT2D eigenvalue weighted by Gasteiger charge is -2.40. The molecule has 1 N–H and O–H groups in total. The van der Waals surface area contributed by atoms with Crippen LogP contribution in [0.3, 0.4) is 0 Å². The molecule has 2 rings (SSSR count). The number of piperidine rings is 1. The van der Waals surface area contributed by atoms with Crippen LogP contribution in [0.1, 0.15) is 52.4 Å². The minimum atomic E-state index is 0.104. The third-order valence-corrected chi connectivity index (χ3v) is 3.81. The second kappa shape index (κ2) is 6.50. The van der Waals surface area contributed by atoms with Crippen LogP contribution in [0.4, 0.5) is 0 Å². The van der Waals surface area contributed by atoms with Crippen molar-refractivity contribution >= 4 is 18.7 Å². The number of nitrogens with zero attached hydrogens (tertiary/aromatic N) is 1. The van der Waals surface area contributed by atoms with Gasteiger partial charge in [-0.25, -0.2) is 0 Å². The van der Waals surface area contributed by atoms with Gasteiger partial charge in [-0.15, -0.1) is 0 Å². The molecule has 0 saturated carbocycles. The summed E-state index contributed by atoms with van der Waals surface area (Å²) in [4.78, 5) is 11.5. The van der Waals surface area contributed by atoms with Crippen molar-refractivity contribution < 1.29 is 4.79 Å². The quantitative estimate of drug-likeness (QED) is 0.641. The van der Waals surface area contributed by atoms with E-state index >= 15 is 0 Å². The van der Waals surface area contributed by atoms with Crippen molar-refractivity contribution in [2.45, 2.75) is 57.9 Å². The fourth-order valence-electron chi connectivity index (χ4n) is 2.47. The zero-order valence-corrected chi connectivity index (χ0v) is 11.4. The molecule has 1 amide bonds. The fraction of sp³-hybridized carbons (Fsp3) is 0.917. The highest BCUT2D eigenvalue weighted by Gasteiger charge is 2.35. The summed E-state index contributed by atoms with van der Waals surface area (Å²) in [6.07, 6.45) is 6.22. The lowest BCUT2D eigenvalue weighted by Crippen LogP contribution is -2.53. The van der Waals surface area contributed by atoms with Gasteiger partial charge in [-0.3, -0.25) is 9.10 Å². The molecule has 0 aliphatic carbocycles.